The van der Waals surface area contributed by atoms with Crippen molar-refractivity contribution < 1.29 is 9.59 Å². The van der Waals surface area contributed by atoms with Crippen LogP contribution >= 0.6 is 12.4 Å². The second-order valence-corrected chi connectivity index (χ2v) is 7.26. The maximum absolute atomic E-state index is 12.4. The van der Waals surface area contributed by atoms with Crippen LogP contribution in [0.5, 0.6) is 0 Å². The number of rotatable bonds is 4. The van der Waals surface area contributed by atoms with Crippen LogP contribution in [0.2, 0.25) is 0 Å². The van der Waals surface area contributed by atoms with Crippen LogP contribution in [0.3, 0.4) is 0 Å². The van der Waals surface area contributed by atoms with E-state index < -0.39 is 0 Å². The van der Waals surface area contributed by atoms with Crippen molar-refractivity contribution in [3.63, 3.8) is 0 Å². The smallest absolute Gasteiger partial charge is 0.225 e. The molecule has 6 heteroatoms. The van der Waals surface area contributed by atoms with Gasteiger partial charge in [-0.25, -0.2) is 0 Å². The van der Waals surface area contributed by atoms with Crippen molar-refractivity contribution in [3.8, 4) is 0 Å². The Morgan fingerprint density at radius 1 is 1.17 bits per heavy atom. The number of hydrogen-bond acceptors (Lipinski definition) is 3. The van der Waals surface area contributed by atoms with Crippen molar-refractivity contribution in [1.29, 1.82) is 0 Å². The molecule has 2 rings (SSSR count). The summed E-state index contributed by atoms with van der Waals surface area (Å²) >= 11 is 0. The molecule has 1 saturated heterocycles. The van der Waals surface area contributed by atoms with Gasteiger partial charge in [-0.05, 0) is 45.4 Å². The van der Waals surface area contributed by atoms with Crippen LogP contribution in [0.15, 0.2) is 0 Å². The third-order valence-electron chi connectivity index (χ3n) is 5.47. The lowest BCUT2D eigenvalue weighted by Gasteiger charge is -2.35. The SMILES string of the molecule is CC(C)N(C)C(=O)C1CCN(C(=O)C[C@@H]2CCC[C@H]2N)CC1.Cl. The highest BCUT2D eigenvalue weighted by Gasteiger charge is 2.32. The van der Waals surface area contributed by atoms with Crippen molar-refractivity contribution in [1.82, 2.24) is 9.80 Å². The summed E-state index contributed by atoms with van der Waals surface area (Å²) < 4.78 is 0. The number of carbonyl (C=O) groups excluding carboxylic acids is 2. The maximum atomic E-state index is 12.4. The summed E-state index contributed by atoms with van der Waals surface area (Å²) in [4.78, 5) is 28.5. The predicted molar refractivity (Wildman–Crippen MR) is 94.4 cm³/mol. The molecule has 1 heterocycles. The standard InChI is InChI=1S/C17H31N3O2.ClH/c1-12(2)19(3)17(22)13-7-9-20(10-8-13)16(21)11-14-5-4-6-15(14)18;/h12-15H,4-11,18H2,1-3H3;1H/t14-,15+;/m0./s1. The van der Waals surface area contributed by atoms with Gasteiger partial charge in [-0.1, -0.05) is 6.42 Å². The van der Waals surface area contributed by atoms with Gasteiger partial charge in [0, 0.05) is 44.6 Å². The summed E-state index contributed by atoms with van der Waals surface area (Å²) in [6.45, 7) is 5.48. The maximum Gasteiger partial charge on any atom is 0.225 e. The zero-order chi connectivity index (χ0) is 16.3. The summed E-state index contributed by atoms with van der Waals surface area (Å²) in [6.07, 6.45) is 5.46. The molecule has 0 bridgehead atoms. The van der Waals surface area contributed by atoms with Gasteiger partial charge in [0.2, 0.25) is 11.8 Å². The molecule has 1 saturated carbocycles. The minimum absolute atomic E-state index is 0. The van der Waals surface area contributed by atoms with E-state index >= 15 is 0 Å². The first kappa shape index (κ1) is 20.2. The van der Waals surface area contributed by atoms with E-state index in [1.54, 1.807) is 0 Å². The first-order chi connectivity index (χ1) is 10.4. The third kappa shape index (κ3) is 5.08. The Labute approximate surface area is 146 Å². The van der Waals surface area contributed by atoms with Crippen LogP contribution in [0, 0.1) is 11.8 Å². The Bertz CT molecular complexity index is 409. The highest BCUT2D eigenvalue weighted by Crippen LogP contribution is 2.28. The zero-order valence-corrected chi connectivity index (χ0v) is 15.5. The molecule has 0 aromatic carbocycles. The molecule has 23 heavy (non-hydrogen) atoms. The lowest BCUT2D eigenvalue weighted by molar-refractivity contribution is -0.141. The van der Waals surface area contributed by atoms with Gasteiger partial charge in [0.05, 0.1) is 0 Å². The molecule has 0 radical (unpaired) electrons. The number of halogens is 1. The number of nitrogens with zero attached hydrogens (tertiary/aromatic N) is 2. The molecule has 0 unspecified atom stereocenters. The van der Waals surface area contributed by atoms with Crippen molar-refractivity contribution >= 4 is 24.2 Å². The van der Waals surface area contributed by atoms with Gasteiger partial charge in [0.25, 0.3) is 0 Å². The second-order valence-electron chi connectivity index (χ2n) is 7.26. The van der Waals surface area contributed by atoms with Crippen LogP contribution in [-0.4, -0.2) is 53.8 Å². The number of carbonyl (C=O) groups is 2. The number of hydrogen-bond donors (Lipinski definition) is 1. The lowest BCUT2D eigenvalue weighted by atomic mass is 9.93. The van der Waals surface area contributed by atoms with Crippen LogP contribution in [0.1, 0.15) is 52.4 Å². The van der Waals surface area contributed by atoms with Crippen LogP contribution in [0.4, 0.5) is 0 Å². The highest BCUT2D eigenvalue weighted by atomic mass is 35.5. The third-order valence-corrected chi connectivity index (χ3v) is 5.47. The Balaban J connectivity index is 0.00000264. The minimum atomic E-state index is 0. The quantitative estimate of drug-likeness (QED) is 0.847. The molecule has 0 aromatic rings. The second kappa shape index (κ2) is 8.88. The average Bonchev–Trinajstić information content (AvgIpc) is 2.91. The Morgan fingerprint density at radius 2 is 1.78 bits per heavy atom. The number of piperidine rings is 1. The lowest BCUT2D eigenvalue weighted by Crippen LogP contribution is -2.45. The molecular weight excluding hydrogens is 314 g/mol. The molecule has 1 aliphatic carbocycles. The number of amides is 2. The molecule has 0 aromatic heterocycles. The summed E-state index contributed by atoms with van der Waals surface area (Å²) in [5.74, 6) is 0.884. The number of nitrogens with two attached hydrogens (primary N) is 1. The van der Waals surface area contributed by atoms with E-state index in [9.17, 15) is 9.59 Å². The van der Waals surface area contributed by atoms with Gasteiger partial charge in [0.1, 0.15) is 0 Å². The molecule has 2 amide bonds. The summed E-state index contributed by atoms with van der Waals surface area (Å²) in [6, 6.07) is 0.429. The molecule has 2 aliphatic rings. The topological polar surface area (TPSA) is 66.6 Å². The van der Waals surface area contributed by atoms with Crippen LogP contribution in [0.25, 0.3) is 0 Å². The zero-order valence-electron chi connectivity index (χ0n) is 14.7. The van der Waals surface area contributed by atoms with Crippen molar-refractivity contribution in [2.45, 2.75) is 64.5 Å². The Morgan fingerprint density at radius 3 is 2.26 bits per heavy atom. The average molecular weight is 346 g/mol. The van der Waals surface area contributed by atoms with E-state index in [-0.39, 0.29) is 42.2 Å². The Hall–Kier alpha value is -0.810. The fourth-order valence-corrected chi connectivity index (χ4v) is 3.59. The number of likely N-dealkylation sites (tertiary alicyclic amines) is 1. The van der Waals surface area contributed by atoms with Gasteiger partial charge in [-0.2, -0.15) is 0 Å². The van der Waals surface area contributed by atoms with Gasteiger partial charge < -0.3 is 15.5 Å². The van der Waals surface area contributed by atoms with Gasteiger partial charge >= 0.3 is 0 Å². The summed E-state index contributed by atoms with van der Waals surface area (Å²) in [5.41, 5.74) is 6.06. The first-order valence-electron chi connectivity index (χ1n) is 8.70. The van der Waals surface area contributed by atoms with Crippen molar-refractivity contribution in [2.75, 3.05) is 20.1 Å². The van der Waals surface area contributed by atoms with Crippen LogP contribution < -0.4 is 5.73 Å². The molecule has 2 N–H and O–H groups in total. The van der Waals surface area contributed by atoms with E-state index in [1.807, 2.05) is 30.7 Å². The molecule has 2 fully saturated rings. The van der Waals surface area contributed by atoms with Crippen molar-refractivity contribution in [2.24, 2.45) is 17.6 Å². The highest BCUT2D eigenvalue weighted by molar-refractivity contribution is 5.85. The fourth-order valence-electron chi connectivity index (χ4n) is 3.59. The van der Waals surface area contributed by atoms with E-state index in [2.05, 4.69) is 0 Å². The summed E-state index contributed by atoms with van der Waals surface area (Å²) in [7, 11) is 1.87. The molecular formula is C17H32ClN3O2. The van der Waals surface area contributed by atoms with Gasteiger partial charge in [-0.15, -0.1) is 12.4 Å². The van der Waals surface area contributed by atoms with E-state index in [0.717, 1.165) is 32.1 Å². The summed E-state index contributed by atoms with van der Waals surface area (Å²) in [5, 5.41) is 0. The van der Waals surface area contributed by atoms with Gasteiger partial charge in [0.15, 0.2) is 0 Å². The molecule has 1 aliphatic heterocycles. The monoisotopic (exact) mass is 345 g/mol. The van der Waals surface area contributed by atoms with E-state index in [1.165, 1.54) is 0 Å². The van der Waals surface area contributed by atoms with Crippen molar-refractivity contribution in [3.05, 3.63) is 0 Å². The van der Waals surface area contributed by atoms with Crippen LogP contribution in [-0.2, 0) is 9.59 Å². The van der Waals surface area contributed by atoms with Gasteiger partial charge in [-0.3, -0.25) is 9.59 Å². The van der Waals surface area contributed by atoms with E-state index in [0.29, 0.717) is 25.4 Å². The predicted octanol–water partition coefficient (Wildman–Crippen LogP) is 2.03. The normalized spacial score (nSPS) is 25.3. The molecule has 134 valence electrons. The Kier molecular flexibility index (Phi) is 7.81. The molecule has 5 nitrogen and oxygen atoms in total. The fraction of sp³-hybridized carbons (Fsp3) is 0.882. The molecule has 0 spiro atoms. The largest absolute Gasteiger partial charge is 0.343 e. The minimum Gasteiger partial charge on any atom is -0.343 e. The first-order valence-corrected chi connectivity index (χ1v) is 8.70. The molecule has 2 atom stereocenters. The van der Waals surface area contributed by atoms with E-state index in [4.69, 9.17) is 5.73 Å².